The van der Waals surface area contributed by atoms with E-state index in [0.29, 0.717) is 17.2 Å². The number of hydrogen-bond acceptors (Lipinski definition) is 3. The van der Waals surface area contributed by atoms with Crippen molar-refractivity contribution in [2.24, 2.45) is 5.92 Å². The van der Waals surface area contributed by atoms with Crippen LogP contribution in [0.5, 0.6) is 5.75 Å². The summed E-state index contributed by atoms with van der Waals surface area (Å²) in [6.45, 7) is 6.92. The van der Waals surface area contributed by atoms with E-state index in [0.717, 1.165) is 18.7 Å². The van der Waals surface area contributed by atoms with Crippen molar-refractivity contribution in [2.75, 3.05) is 25.6 Å². The molecule has 0 fully saturated rings. The third-order valence-corrected chi connectivity index (χ3v) is 3.03. The second-order valence-corrected chi connectivity index (χ2v) is 5.01. The summed E-state index contributed by atoms with van der Waals surface area (Å²) in [5, 5.41) is 0. The monoisotopic (exact) mass is 249 g/mol. The first-order valence-electron chi connectivity index (χ1n) is 6.36. The molecule has 1 rings (SSSR count). The molecule has 0 heterocycles. The van der Waals surface area contributed by atoms with E-state index in [1.54, 1.807) is 14.0 Å². The molecular formula is C15H23NO2. The summed E-state index contributed by atoms with van der Waals surface area (Å²) < 4.78 is 5.28. The maximum absolute atomic E-state index is 11.8. The lowest BCUT2D eigenvalue weighted by atomic mass is 10.1. The summed E-state index contributed by atoms with van der Waals surface area (Å²) in [4.78, 5) is 13.9. The van der Waals surface area contributed by atoms with Gasteiger partial charge < -0.3 is 9.64 Å². The smallest absolute Gasteiger partial charge is 0.165 e. The third kappa shape index (κ3) is 3.49. The number of benzene rings is 1. The molecule has 1 aromatic carbocycles. The highest BCUT2D eigenvalue weighted by molar-refractivity contribution is 6.02. The first-order chi connectivity index (χ1) is 8.47. The Kier molecular flexibility index (Phi) is 5.20. The van der Waals surface area contributed by atoms with E-state index >= 15 is 0 Å². The van der Waals surface area contributed by atoms with Gasteiger partial charge in [0.15, 0.2) is 5.78 Å². The van der Waals surface area contributed by atoms with Crippen molar-refractivity contribution in [1.82, 2.24) is 0 Å². The number of ether oxygens (including phenoxy) is 1. The zero-order chi connectivity index (χ0) is 13.7. The summed E-state index contributed by atoms with van der Waals surface area (Å²) in [7, 11) is 3.61. The van der Waals surface area contributed by atoms with Gasteiger partial charge in [-0.1, -0.05) is 19.9 Å². The number of nitrogens with zero attached hydrogens (tertiary/aromatic N) is 1. The number of methoxy groups -OCH3 is 1. The van der Waals surface area contributed by atoms with Crippen LogP contribution in [0.4, 0.5) is 5.69 Å². The topological polar surface area (TPSA) is 29.5 Å². The van der Waals surface area contributed by atoms with Crippen LogP contribution in [0.25, 0.3) is 0 Å². The molecule has 1 aromatic rings. The summed E-state index contributed by atoms with van der Waals surface area (Å²) in [6.07, 6.45) is 1.10. The van der Waals surface area contributed by atoms with E-state index in [4.69, 9.17) is 4.74 Å². The Morgan fingerprint density at radius 2 is 2.06 bits per heavy atom. The predicted octanol–water partition coefficient (Wildman–Crippen LogP) is 3.38. The molecule has 0 N–H and O–H groups in total. The second-order valence-electron chi connectivity index (χ2n) is 5.01. The molecule has 100 valence electrons. The molecule has 0 aliphatic carbocycles. The van der Waals surface area contributed by atoms with Crippen molar-refractivity contribution in [2.45, 2.75) is 27.2 Å². The average molecular weight is 249 g/mol. The van der Waals surface area contributed by atoms with Crippen LogP contribution < -0.4 is 9.64 Å². The first kappa shape index (κ1) is 14.6. The lowest BCUT2D eigenvalue weighted by Crippen LogP contribution is -2.22. The van der Waals surface area contributed by atoms with E-state index in [1.165, 1.54) is 0 Å². The summed E-state index contributed by atoms with van der Waals surface area (Å²) in [6, 6.07) is 5.72. The third-order valence-electron chi connectivity index (χ3n) is 3.03. The van der Waals surface area contributed by atoms with Gasteiger partial charge in [0.25, 0.3) is 0 Å². The van der Waals surface area contributed by atoms with Gasteiger partial charge in [0.1, 0.15) is 5.75 Å². The summed E-state index contributed by atoms with van der Waals surface area (Å²) >= 11 is 0. The highest BCUT2D eigenvalue weighted by Crippen LogP contribution is 2.29. The largest absolute Gasteiger partial charge is 0.496 e. The molecule has 3 nitrogen and oxygen atoms in total. The lowest BCUT2D eigenvalue weighted by molar-refractivity contribution is 0.101. The minimum Gasteiger partial charge on any atom is -0.496 e. The second kappa shape index (κ2) is 6.43. The molecule has 18 heavy (non-hydrogen) atoms. The molecule has 0 aromatic heterocycles. The molecule has 0 saturated carbocycles. The van der Waals surface area contributed by atoms with Crippen molar-refractivity contribution >= 4 is 11.5 Å². The van der Waals surface area contributed by atoms with Gasteiger partial charge >= 0.3 is 0 Å². The number of carbonyl (C=O) groups is 1. The van der Waals surface area contributed by atoms with Crippen LogP contribution in [0.1, 0.15) is 37.6 Å². The van der Waals surface area contributed by atoms with Gasteiger partial charge in [-0.05, 0) is 31.4 Å². The van der Waals surface area contributed by atoms with Gasteiger partial charge in [0.2, 0.25) is 0 Å². The van der Waals surface area contributed by atoms with E-state index in [-0.39, 0.29) is 5.78 Å². The highest BCUT2D eigenvalue weighted by Gasteiger charge is 2.16. The van der Waals surface area contributed by atoms with Gasteiger partial charge in [-0.15, -0.1) is 0 Å². The average Bonchev–Trinajstić information content (AvgIpc) is 2.34. The molecule has 0 radical (unpaired) electrons. The fraction of sp³-hybridized carbons (Fsp3) is 0.533. The quantitative estimate of drug-likeness (QED) is 0.724. The first-order valence-corrected chi connectivity index (χ1v) is 6.36. The fourth-order valence-corrected chi connectivity index (χ4v) is 1.93. The minimum absolute atomic E-state index is 0.0406. The maximum atomic E-state index is 11.8. The van der Waals surface area contributed by atoms with Crippen LogP contribution in [0, 0.1) is 5.92 Å². The van der Waals surface area contributed by atoms with E-state index in [9.17, 15) is 4.79 Å². The number of anilines is 1. The van der Waals surface area contributed by atoms with Crippen LogP contribution in [-0.4, -0.2) is 26.5 Å². The molecule has 0 spiro atoms. The minimum atomic E-state index is 0.0406. The Hall–Kier alpha value is -1.51. The SMILES string of the molecule is COc1cccc(N(C)CCC(C)C)c1C(C)=O. The van der Waals surface area contributed by atoms with Crippen molar-refractivity contribution in [3.63, 3.8) is 0 Å². The zero-order valence-corrected chi connectivity index (χ0v) is 12.0. The standard InChI is InChI=1S/C15H23NO2/c1-11(2)9-10-16(4)13-7-6-8-14(18-5)15(13)12(3)17/h6-8,11H,9-10H2,1-5H3. The van der Waals surface area contributed by atoms with E-state index in [2.05, 4.69) is 18.7 Å². The van der Waals surface area contributed by atoms with Gasteiger partial charge in [-0.25, -0.2) is 0 Å². The number of Topliss-reactive ketones (excluding diaryl/α,β-unsaturated/α-hetero) is 1. The van der Waals surface area contributed by atoms with Crippen molar-refractivity contribution in [3.8, 4) is 5.75 Å². The van der Waals surface area contributed by atoms with Gasteiger partial charge in [-0.3, -0.25) is 4.79 Å². The molecule has 0 aliphatic heterocycles. The molecule has 0 saturated heterocycles. The molecular weight excluding hydrogens is 226 g/mol. The van der Waals surface area contributed by atoms with Crippen LogP contribution in [0.2, 0.25) is 0 Å². The Bertz CT molecular complexity index is 413. The van der Waals surface area contributed by atoms with E-state index in [1.807, 2.05) is 25.2 Å². The maximum Gasteiger partial charge on any atom is 0.165 e. The van der Waals surface area contributed by atoms with Gasteiger partial charge in [0.05, 0.1) is 18.4 Å². The molecule has 0 atom stereocenters. The van der Waals surface area contributed by atoms with E-state index < -0.39 is 0 Å². The normalized spacial score (nSPS) is 10.6. The molecule has 0 unspecified atom stereocenters. The Morgan fingerprint density at radius 1 is 1.39 bits per heavy atom. The lowest BCUT2D eigenvalue weighted by Gasteiger charge is -2.23. The molecule has 0 aliphatic rings. The highest BCUT2D eigenvalue weighted by atomic mass is 16.5. The fourth-order valence-electron chi connectivity index (χ4n) is 1.93. The van der Waals surface area contributed by atoms with Crippen molar-refractivity contribution in [3.05, 3.63) is 23.8 Å². The molecule has 0 bridgehead atoms. The van der Waals surface area contributed by atoms with Gasteiger partial charge in [-0.2, -0.15) is 0 Å². The zero-order valence-electron chi connectivity index (χ0n) is 12.0. The number of carbonyl (C=O) groups excluding carboxylic acids is 1. The van der Waals surface area contributed by atoms with Crippen LogP contribution in [0.15, 0.2) is 18.2 Å². The number of hydrogen-bond donors (Lipinski definition) is 0. The summed E-state index contributed by atoms with van der Waals surface area (Å²) in [5.74, 6) is 1.34. The Balaban J connectivity index is 3.03. The number of rotatable bonds is 6. The summed E-state index contributed by atoms with van der Waals surface area (Å²) in [5.41, 5.74) is 1.62. The Morgan fingerprint density at radius 3 is 2.56 bits per heavy atom. The van der Waals surface area contributed by atoms with Crippen molar-refractivity contribution < 1.29 is 9.53 Å². The van der Waals surface area contributed by atoms with Crippen molar-refractivity contribution in [1.29, 1.82) is 0 Å². The van der Waals surface area contributed by atoms with Crippen LogP contribution in [-0.2, 0) is 0 Å². The predicted molar refractivity (Wildman–Crippen MR) is 75.7 cm³/mol. The molecule has 0 amide bonds. The number of ketones is 1. The van der Waals surface area contributed by atoms with Gasteiger partial charge in [0, 0.05) is 13.6 Å². The van der Waals surface area contributed by atoms with Crippen LogP contribution >= 0.6 is 0 Å². The molecule has 3 heteroatoms. The Labute approximate surface area is 110 Å². The van der Waals surface area contributed by atoms with Crippen LogP contribution in [0.3, 0.4) is 0 Å².